The molecule has 4 rings (SSSR count). The van der Waals surface area contributed by atoms with Crippen molar-refractivity contribution in [3.63, 3.8) is 0 Å². The van der Waals surface area contributed by atoms with Gasteiger partial charge in [-0.2, -0.15) is 4.31 Å². The van der Waals surface area contributed by atoms with E-state index in [4.69, 9.17) is 4.98 Å². The molecule has 27 heavy (non-hydrogen) atoms. The van der Waals surface area contributed by atoms with Gasteiger partial charge in [0.15, 0.2) is 0 Å². The maximum Gasteiger partial charge on any atom is 0.258 e. The van der Waals surface area contributed by atoms with Crippen molar-refractivity contribution in [1.82, 2.24) is 28.3 Å². The summed E-state index contributed by atoms with van der Waals surface area (Å²) >= 11 is 0. The van der Waals surface area contributed by atoms with E-state index in [-0.39, 0.29) is 5.56 Å². The second-order valence-electron chi connectivity index (χ2n) is 7.24. The first-order valence-electron chi connectivity index (χ1n) is 9.08. The summed E-state index contributed by atoms with van der Waals surface area (Å²) in [5.74, 6) is 1.66. The van der Waals surface area contributed by atoms with E-state index >= 15 is 0 Å². The Morgan fingerprint density at radius 3 is 2.67 bits per heavy atom. The smallest absolute Gasteiger partial charge is 0.258 e. The van der Waals surface area contributed by atoms with E-state index in [1.54, 1.807) is 10.8 Å². The summed E-state index contributed by atoms with van der Waals surface area (Å²) in [5, 5.41) is 0. The third-order valence-corrected chi connectivity index (χ3v) is 6.69. The SMILES string of the molecule is Cn1ccnc1CN1CCc2nc3n(c(=O)c2C1)CCN(S(C)(=O)=O)CC3. The molecule has 2 aliphatic rings. The predicted octanol–water partition coefficient (Wildman–Crippen LogP) is -0.647. The molecule has 0 radical (unpaired) electrons. The number of aromatic nitrogens is 4. The molecule has 0 amide bonds. The highest BCUT2D eigenvalue weighted by Gasteiger charge is 2.27. The predicted molar refractivity (Wildman–Crippen MR) is 99.6 cm³/mol. The minimum absolute atomic E-state index is 0.0325. The van der Waals surface area contributed by atoms with Gasteiger partial charge in [-0.3, -0.25) is 14.3 Å². The van der Waals surface area contributed by atoms with E-state index in [0.717, 1.165) is 30.0 Å². The maximum absolute atomic E-state index is 13.1. The summed E-state index contributed by atoms with van der Waals surface area (Å²) in [5.41, 5.74) is 1.55. The molecular formula is C17H24N6O3S. The quantitative estimate of drug-likeness (QED) is 0.689. The van der Waals surface area contributed by atoms with Gasteiger partial charge in [-0.15, -0.1) is 0 Å². The van der Waals surface area contributed by atoms with Crippen LogP contribution in [-0.4, -0.2) is 62.6 Å². The topological polar surface area (TPSA) is 93.3 Å². The van der Waals surface area contributed by atoms with Gasteiger partial charge in [0.25, 0.3) is 5.56 Å². The fourth-order valence-corrected chi connectivity index (χ4v) is 4.64. The Balaban J connectivity index is 1.60. The molecule has 0 saturated carbocycles. The summed E-state index contributed by atoms with van der Waals surface area (Å²) in [4.78, 5) is 24.4. The number of hydrogen-bond acceptors (Lipinski definition) is 6. The van der Waals surface area contributed by atoms with Crippen molar-refractivity contribution in [2.24, 2.45) is 7.05 Å². The zero-order valence-corrected chi connectivity index (χ0v) is 16.4. The highest BCUT2D eigenvalue weighted by Crippen LogP contribution is 2.18. The minimum Gasteiger partial charge on any atom is -0.337 e. The first kappa shape index (κ1) is 18.3. The largest absolute Gasteiger partial charge is 0.337 e. The van der Waals surface area contributed by atoms with Gasteiger partial charge in [-0.05, 0) is 0 Å². The van der Waals surface area contributed by atoms with Crippen molar-refractivity contribution >= 4 is 10.0 Å². The van der Waals surface area contributed by atoms with Crippen LogP contribution < -0.4 is 5.56 Å². The van der Waals surface area contributed by atoms with Crippen LogP contribution in [0.4, 0.5) is 0 Å². The molecule has 0 spiro atoms. The van der Waals surface area contributed by atoms with Crippen LogP contribution in [0.5, 0.6) is 0 Å². The summed E-state index contributed by atoms with van der Waals surface area (Å²) < 4.78 is 28.8. The highest BCUT2D eigenvalue weighted by atomic mass is 32.2. The average molecular weight is 392 g/mol. The molecular weight excluding hydrogens is 368 g/mol. The normalized spacial score (nSPS) is 18.7. The Kier molecular flexibility index (Phi) is 4.65. The zero-order chi connectivity index (χ0) is 19.2. The molecule has 0 saturated heterocycles. The molecule has 0 aliphatic carbocycles. The van der Waals surface area contributed by atoms with E-state index in [9.17, 15) is 13.2 Å². The molecule has 0 atom stereocenters. The van der Waals surface area contributed by atoms with Crippen LogP contribution >= 0.6 is 0 Å². The minimum atomic E-state index is -3.27. The Bertz CT molecular complexity index is 1030. The third-order valence-electron chi connectivity index (χ3n) is 5.39. The number of aryl methyl sites for hydroxylation is 1. The van der Waals surface area contributed by atoms with Crippen LogP contribution in [0.2, 0.25) is 0 Å². The summed E-state index contributed by atoms with van der Waals surface area (Å²) in [7, 11) is -1.31. The molecule has 2 aliphatic heterocycles. The first-order valence-corrected chi connectivity index (χ1v) is 10.9. The van der Waals surface area contributed by atoms with Gasteiger partial charge in [0.05, 0.1) is 24.1 Å². The number of nitrogens with zero attached hydrogens (tertiary/aromatic N) is 6. The fourth-order valence-electron chi connectivity index (χ4n) is 3.80. The third kappa shape index (κ3) is 3.56. The van der Waals surface area contributed by atoms with Crippen LogP contribution in [0.15, 0.2) is 17.2 Å². The lowest BCUT2D eigenvalue weighted by Crippen LogP contribution is -2.39. The number of imidazole rings is 1. The van der Waals surface area contributed by atoms with Crippen molar-refractivity contribution in [2.75, 3.05) is 25.9 Å². The molecule has 10 heteroatoms. The highest BCUT2D eigenvalue weighted by molar-refractivity contribution is 7.88. The molecule has 0 unspecified atom stereocenters. The van der Waals surface area contributed by atoms with Crippen LogP contribution in [0.1, 0.15) is 22.9 Å². The van der Waals surface area contributed by atoms with E-state index in [0.29, 0.717) is 45.0 Å². The van der Waals surface area contributed by atoms with Gasteiger partial charge in [-0.25, -0.2) is 18.4 Å². The average Bonchev–Trinajstić information content (AvgIpc) is 2.88. The monoisotopic (exact) mass is 392 g/mol. The van der Waals surface area contributed by atoms with Gasteiger partial charge in [0, 0.05) is 65.0 Å². The van der Waals surface area contributed by atoms with E-state index in [1.165, 1.54) is 10.6 Å². The summed E-state index contributed by atoms with van der Waals surface area (Å²) in [6.45, 7) is 3.08. The Morgan fingerprint density at radius 1 is 1.15 bits per heavy atom. The molecule has 9 nitrogen and oxygen atoms in total. The van der Waals surface area contributed by atoms with Crippen LogP contribution in [-0.2, 0) is 49.5 Å². The molecule has 2 aromatic rings. The maximum atomic E-state index is 13.1. The standard InChI is InChI=1S/C17H24N6O3S/c1-20-8-5-18-16(20)12-21-6-3-14-13(11-21)17(24)23-10-9-22(27(2,25)26)7-4-15(23)19-14/h5,8H,3-4,6-7,9-12H2,1-2H3. The molecule has 0 bridgehead atoms. The van der Waals surface area contributed by atoms with Crippen molar-refractivity contribution in [3.05, 3.63) is 45.7 Å². The van der Waals surface area contributed by atoms with Crippen molar-refractivity contribution in [3.8, 4) is 0 Å². The molecule has 4 heterocycles. The van der Waals surface area contributed by atoms with Gasteiger partial charge in [0.2, 0.25) is 10.0 Å². The molecule has 0 aromatic carbocycles. The Labute approximate surface area is 158 Å². The lowest BCUT2D eigenvalue weighted by atomic mass is 10.1. The second-order valence-corrected chi connectivity index (χ2v) is 9.22. The van der Waals surface area contributed by atoms with Crippen molar-refractivity contribution in [1.29, 1.82) is 0 Å². The van der Waals surface area contributed by atoms with Crippen LogP contribution in [0.25, 0.3) is 0 Å². The van der Waals surface area contributed by atoms with Gasteiger partial charge in [0.1, 0.15) is 11.6 Å². The fraction of sp³-hybridized carbons (Fsp3) is 0.588. The lowest BCUT2D eigenvalue weighted by molar-refractivity contribution is 0.232. The first-order chi connectivity index (χ1) is 12.8. The molecule has 0 N–H and O–H groups in total. The number of fused-ring (bicyclic) bond motifs is 2. The van der Waals surface area contributed by atoms with Crippen LogP contribution in [0, 0.1) is 0 Å². The van der Waals surface area contributed by atoms with E-state index < -0.39 is 10.0 Å². The number of hydrogen-bond donors (Lipinski definition) is 0. The van der Waals surface area contributed by atoms with Gasteiger partial charge >= 0.3 is 0 Å². The molecule has 2 aromatic heterocycles. The zero-order valence-electron chi connectivity index (χ0n) is 15.6. The van der Waals surface area contributed by atoms with Crippen molar-refractivity contribution in [2.45, 2.75) is 32.5 Å². The lowest BCUT2D eigenvalue weighted by Gasteiger charge is -2.28. The van der Waals surface area contributed by atoms with Gasteiger partial charge in [-0.1, -0.05) is 0 Å². The number of sulfonamides is 1. The van der Waals surface area contributed by atoms with Crippen LogP contribution in [0.3, 0.4) is 0 Å². The summed E-state index contributed by atoms with van der Waals surface area (Å²) in [6.07, 6.45) is 6.08. The second kappa shape index (κ2) is 6.84. The molecule has 0 fully saturated rings. The molecule has 146 valence electrons. The summed E-state index contributed by atoms with van der Waals surface area (Å²) in [6, 6.07) is 0. The Hall–Kier alpha value is -2.04. The van der Waals surface area contributed by atoms with Gasteiger partial charge < -0.3 is 4.57 Å². The van der Waals surface area contributed by atoms with Crippen molar-refractivity contribution < 1.29 is 8.42 Å². The Morgan fingerprint density at radius 2 is 1.96 bits per heavy atom. The van der Waals surface area contributed by atoms with E-state index in [2.05, 4.69) is 9.88 Å². The number of rotatable bonds is 3. The van der Waals surface area contributed by atoms with E-state index in [1.807, 2.05) is 17.8 Å².